The van der Waals surface area contributed by atoms with Crippen LogP contribution in [-0.2, 0) is 29.6 Å². The number of ketones is 1. The summed E-state index contributed by atoms with van der Waals surface area (Å²) >= 11 is 14.7. The van der Waals surface area contributed by atoms with Crippen molar-refractivity contribution in [2.45, 2.75) is 35.7 Å². The molecule has 400 valence electrons. The van der Waals surface area contributed by atoms with Gasteiger partial charge in [0.15, 0.2) is 16.6 Å². The first kappa shape index (κ1) is 57.5. The van der Waals surface area contributed by atoms with Gasteiger partial charge < -0.3 is 21.5 Å². The predicted molar refractivity (Wildman–Crippen MR) is 306 cm³/mol. The van der Waals surface area contributed by atoms with Crippen molar-refractivity contribution in [2.24, 2.45) is 0 Å². The highest BCUT2D eigenvalue weighted by Gasteiger charge is 2.36. The number of sulfonamides is 2. The Labute approximate surface area is 473 Å². The van der Waals surface area contributed by atoms with Crippen LogP contribution in [0.5, 0.6) is 5.75 Å². The number of pyridine rings is 3. The summed E-state index contributed by atoms with van der Waals surface area (Å²) in [4.78, 5) is 63.1. The second kappa shape index (κ2) is 24.2. The van der Waals surface area contributed by atoms with E-state index in [-0.39, 0.29) is 49.9 Å². The van der Waals surface area contributed by atoms with E-state index in [1.54, 1.807) is 78.9 Å². The van der Waals surface area contributed by atoms with Crippen molar-refractivity contribution in [1.29, 1.82) is 0 Å². The fraction of sp³-hybridized carbons (Fsp3) is 0.0847. The summed E-state index contributed by atoms with van der Waals surface area (Å²) in [6.45, 7) is 2.82. The molecule has 1 aliphatic rings. The first-order valence-electron chi connectivity index (χ1n) is 23.9. The summed E-state index contributed by atoms with van der Waals surface area (Å²) in [5.41, 5.74) is 5.53. The molecule has 8 aromatic carbocycles. The van der Waals surface area contributed by atoms with Gasteiger partial charge >= 0.3 is 5.97 Å². The maximum Gasteiger partial charge on any atom is 0.329 e. The molecule has 2 atom stereocenters. The zero-order chi connectivity index (χ0) is 55.5. The van der Waals surface area contributed by atoms with Gasteiger partial charge in [-0.25, -0.2) is 21.6 Å². The van der Waals surface area contributed by atoms with Gasteiger partial charge in [-0.3, -0.25) is 19.2 Å². The second-order valence-electron chi connectivity index (χ2n) is 17.6. The number of nitrogens with one attached hydrogen (secondary N) is 2. The Morgan fingerprint density at radius 2 is 0.949 bits per heavy atom. The van der Waals surface area contributed by atoms with E-state index >= 15 is 0 Å². The number of esters is 1. The Kier molecular flexibility index (Phi) is 17.6. The fourth-order valence-electron chi connectivity index (χ4n) is 9.26. The van der Waals surface area contributed by atoms with Crippen LogP contribution < -0.4 is 42.0 Å². The largest absolute Gasteiger partial charge is 1.00 e. The van der Waals surface area contributed by atoms with Crippen molar-refractivity contribution in [3.05, 3.63) is 226 Å². The smallest absolute Gasteiger partial charge is 0.329 e. The lowest BCUT2D eigenvalue weighted by atomic mass is 9.93. The maximum absolute atomic E-state index is 13.4. The SMILES string of the molecule is CC(NS(=O)(=O)c1ccccc1)C(=O)Cl.CC(NS(=O)(=O)c1ccccc1)C(=O)Oc1c2ccccc2[n+]2c3c(cccc13)C(=O)c1ccccc1-2.ClCCl.O=c1c2ccccc2n2c3ccccc3c(=O)c3cccc1c32.[Cl-]. The van der Waals surface area contributed by atoms with E-state index in [1.807, 2.05) is 100.0 Å². The summed E-state index contributed by atoms with van der Waals surface area (Å²) in [5.74, 6) is -0.609. The topological polar surface area (TPSA) is 195 Å². The second-order valence-corrected chi connectivity index (χ2v) is 22.2. The number of carbonyl (C=O) groups is 3. The highest BCUT2D eigenvalue weighted by Crippen LogP contribution is 2.38. The van der Waals surface area contributed by atoms with Crippen molar-refractivity contribution in [2.75, 3.05) is 5.34 Å². The molecule has 0 fully saturated rings. The van der Waals surface area contributed by atoms with Crippen molar-refractivity contribution in [3.8, 4) is 11.4 Å². The van der Waals surface area contributed by atoms with Crippen LogP contribution in [0, 0.1) is 0 Å². The number of rotatable bonds is 9. The lowest BCUT2D eigenvalue weighted by molar-refractivity contribution is -0.539. The van der Waals surface area contributed by atoms with Crippen LogP contribution >= 0.6 is 34.8 Å². The standard InChI is InChI=1S/C29H21N2O5S.C20H11NO2.C9H10ClNO3S.CH2Cl2.ClH/c1-18(30-37(34,35)19-10-3-2-4-11-19)29(33)36-28-21-13-6-8-17-25(21)31-24-16-7-5-12-20(24)27(32)22-14-9-15-23(28)26(22)31;22-19-12-6-1-3-10-16(12)21-17-11-4-2-7-13(17)20(23)15-9-5-8-14(19)18(15)21;1-7(9(10)12)11-15(13,14)8-5-3-2-4-6-8;2-1-3;/h2-18,30H,1H3;1-11H;2-7,11H,1H3;1H2;1H/q+1;;;;/p-1. The molecule has 0 bridgehead atoms. The molecule has 14 nitrogen and oxygen atoms in total. The van der Waals surface area contributed by atoms with Gasteiger partial charge in [0.2, 0.25) is 47.8 Å². The molecular formula is C59H44Cl4N4O10S2. The molecule has 0 radical (unpaired) electrons. The third-order valence-corrected chi connectivity index (χ3v) is 16.2. The first-order valence-corrected chi connectivity index (χ1v) is 28.3. The Hall–Kier alpha value is -7.64. The molecule has 20 heteroatoms. The summed E-state index contributed by atoms with van der Waals surface area (Å²) in [7, 11) is -7.59. The monoisotopic (exact) mass is 1170 g/mol. The van der Waals surface area contributed by atoms with Crippen LogP contribution in [-0.4, -0.2) is 55.7 Å². The van der Waals surface area contributed by atoms with Crippen LogP contribution in [0.1, 0.15) is 29.8 Å². The molecule has 3 aromatic heterocycles. The minimum absolute atomic E-state index is 0. The third kappa shape index (κ3) is 11.3. The van der Waals surface area contributed by atoms with Crippen LogP contribution in [0.4, 0.5) is 0 Å². The highest BCUT2D eigenvalue weighted by molar-refractivity contribution is 7.89. The number of hydrogen-bond donors (Lipinski definition) is 2. The highest BCUT2D eigenvalue weighted by atomic mass is 35.5. The molecule has 2 unspecified atom stereocenters. The molecule has 79 heavy (non-hydrogen) atoms. The molecule has 0 aliphatic carbocycles. The first-order chi connectivity index (χ1) is 37.5. The zero-order valence-corrected chi connectivity index (χ0v) is 46.3. The molecule has 0 amide bonds. The number of halogens is 4. The van der Waals surface area contributed by atoms with Gasteiger partial charge in [-0.05, 0) is 110 Å². The number of alkyl halides is 2. The number of ether oxygens (including phenoxy) is 1. The van der Waals surface area contributed by atoms with E-state index in [9.17, 15) is 40.8 Å². The van der Waals surface area contributed by atoms with E-state index in [4.69, 9.17) is 39.5 Å². The quantitative estimate of drug-likeness (QED) is 0.0373. The minimum atomic E-state index is -3.93. The number of fused-ring (bicyclic) bond motifs is 8. The maximum atomic E-state index is 13.4. The normalized spacial score (nSPS) is 12.5. The van der Waals surface area contributed by atoms with Gasteiger partial charge in [0.1, 0.15) is 6.04 Å². The lowest BCUT2D eigenvalue weighted by Gasteiger charge is -2.19. The molecule has 12 rings (SSSR count). The Balaban J connectivity index is 0.000000167. The lowest BCUT2D eigenvalue weighted by Crippen LogP contribution is -3.00. The fourth-order valence-corrected chi connectivity index (χ4v) is 11.8. The molecule has 4 heterocycles. The summed E-state index contributed by atoms with van der Waals surface area (Å²) < 4.78 is 63.3. The van der Waals surface area contributed by atoms with Gasteiger partial charge in [0, 0.05) is 33.7 Å². The number of hydrogen-bond acceptors (Lipinski definition) is 10. The molecule has 0 saturated carbocycles. The summed E-state index contributed by atoms with van der Waals surface area (Å²) in [6.07, 6.45) is 0. The Morgan fingerprint density at radius 1 is 0.532 bits per heavy atom. The van der Waals surface area contributed by atoms with Crippen molar-refractivity contribution >= 4 is 132 Å². The average Bonchev–Trinajstić information content (AvgIpc) is 2.87. The van der Waals surface area contributed by atoms with Gasteiger partial charge in [0.05, 0.1) is 59.6 Å². The van der Waals surface area contributed by atoms with Crippen molar-refractivity contribution in [1.82, 2.24) is 13.8 Å². The number of carbonyl (C=O) groups excluding carboxylic acids is 3. The zero-order valence-electron chi connectivity index (χ0n) is 41.6. The van der Waals surface area contributed by atoms with Gasteiger partial charge in [0.25, 0.3) is 0 Å². The predicted octanol–water partition coefficient (Wildman–Crippen LogP) is 7.19. The van der Waals surface area contributed by atoms with Gasteiger partial charge in [-0.15, -0.1) is 23.2 Å². The summed E-state index contributed by atoms with van der Waals surface area (Å²) in [5, 5.41) is 3.19. The number of aromatic nitrogens is 2. The molecule has 1 aliphatic heterocycles. The minimum Gasteiger partial charge on any atom is -1.00 e. The van der Waals surface area contributed by atoms with Crippen LogP contribution in [0.25, 0.3) is 65.6 Å². The van der Waals surface area contributed by atoms with E-state index in [2.05, 4.69) is 9.44 Å². The van der Waals surface area contributed by atoms with Gasteiger partial charge in [-0.1, -0.05) is 97.1 Å². The number of benzene rings is 8. The van der Waals surface area contributed by atoms with E-state index in [1.165, 1.54) is 38.1 Å². The number of para-hydroxylation sites is 6. The third-order valence-electron chi connectivity index (χ3n) is 12.7. The average molecular weight is 1170 g/mol. The Morgan fingerprint density at radius 3 is 1.49 bits per heavy atom. The van der Waals surface area contributed by atoms with Crippen LogP contribution in [0.3, 0.4) is 0 Å². The summed E-state index contributed by atoms with van der Waals surface area (Å²) in [6, 6.07) is 54.1. The van der Waals surface area contributed by atoms with Gasteiger partial charge in [-0.2, -0.15) is 14.0 Å². The van der Waals surface area contributed by atoms with Crippen LogP contribution in [0.15, 0.2) is 214 Å². The van der Waals surface area contributed by atoms with E-state index < -0.39 is 43.3 Å². The Bertz CT molecular complexity index is 4420. The van der Waals surface area contributed by atoms with E-state index in [0.717, 1.165) is 22.2 Å². The van der Waals surface area contributed by atoms with E-state index in [0.29, 0.717) is 54.5 Å². The molecule has 0 saturated heterocycles. The van der Waals surface area contributed by atoms with Crippen LogP contribution in [0.2, 0.25) is 0 Å². The van der Waals surface area contributed by atoms with Crippen molar-refractivity contribution < 1.29 is 52.9 Å². The molecule has 2 N–H and O–H groups in total. The molecular weight excluding hydrogens is 1130 g/mol. The molecule has 11 aromatic rings. The van der Waals surface area contributed by atoms with Crippen molar-refractivity contribution in [3.63, 3.8) is 0 Å². The number of nitrogens with zero attached hydrogens (tertiary/aromatic N) is 2. The molecule has 0 spiro atoms.